The van der Waals surface area contributed by atoms with Gasteiger partial charge in [-0.25, -0.2) is 22.9 Å². The number of nitrogens with zero attached hydrogens (tertiary/aromatic N) is 1. The number of benzene rings is 2. The van der Waals surface area contributed by atoms with Crippen LogP contribution in [0.2, 0.25) is 0 Å². The van der Waals surface area contributed by atoms with Crippen LogP contribution in [0.15, 0.2) is 59.5 Å². The van der Waals surface area contributed by atoms with Crippen molar-refractivity contribution >= 4 is 33.2 Å². The maximum absolute atomic E-state index is 12.3. The lowest BCUT2D eigenvalue weighted by Crippen LogP contribution is -2.40. The third kappa shape index (κ3) is 6.43. The predicted octanol–water partition coefficient (Wildman–Crippen LogP) is 2.71. The average Bonchev–Trinajstić information content (AvgIpc) is 2.78. The van der Waals surface area contributed by atoms with E-state index in [9.17, 15) is 13.2 Å². The van der Waals surface area contributed by atoms with Gasteiger partial charge >= 0.3 is 6.03 Å². The van der Waals surface area contributed by atoms with E-state index in [2.05, 4.69) is 15.6 Å². The third-order valence-corrected chi connectivity index (χ3v) is 6.35. The molecule has 9 nitrogen and oxygen atoms in total. The van der Waals surface area contributed by atoms with Gasteiger partial charge in [-0.1, -0.05) is 24.3 Å². The maximum atomic E-state index is 12.3. The fraction of sp³-hybridized carbons (Fsp3) is 0.217. The molecule has 3 aromatic rings. The quantitative estimate of drug-likeness (QED) is 0.341. The van der Waals surface area contributed by atoms with Gasteiger partial charge < -0.3 is 22.1 Å². The Morgan fingerprint density at radius 3 is 2.27 bits per heavy atom. The van der Waals surface area contributed by atoms with Gasteiger partial charge in [0.25, 0.3) is 10.0 Å². The normalized spacial score (nSPS) is 11.1. The van der Waals surface area contributed by atoms with Gasteiger partial charge in [0.15, 0.2) is 5.82 Å². The first-order chi connectivity index (χ1) is 15.7. The van der Waals surface area contributed by atoms with Crippen molar-refractivity contribution in [1.82, 2.24) is 15.0 Å². The monoisotopic (exact) mass is 468 g/mol. The SMILES string of the molecule is Cc1cc(C)c(N)c(Nc2ccc(CCNC(=O)NS(=O)(=O)c3ccc(CN)cc3)cc2)n1. The first-order valence-corrected chi connectivity index (χ1v) is 11.9. The minimum absolute atomic E-state index is 0.00290. The van der Waals surface area contributed by atoms with Crippen LogP contribution >= 0.6 is 0 Å². The lowest BCUT2D eigenvalue weighted by molar-refractivity contribution is 0.246. The largest absolute Gasteiger partial charge is 0.396 e. The molecule has 2 aromatic carbocycles. The second-order valence-corrected chi connectivity index (χ2v) is 9.31. The van der Waals surface area contributed by atoms with E-state index in [0.717, 1.165) is 28.1 Å². The molecule has 174 valence electrons. The second kappa shape index (κ2) is 10.3. The Hall–Kier alpha value is -3.63. The summed E-state index contributed by atoms with van der Waals surface area (Å²) >= 11 is 0. The van der Waals surface area contributed by atoms with Crippen molar-refractivity contribution in [3.8, 4) is 0 Å². The number of aromatic nitrogens is 1. The van der Waals surface area contributed by atoms with Crippen LogP contribution in [0, 0.1) is 13.8 Å². The van der Waals surface area contributed by atoms with Gasteiger partial charge in [-0.05, 0) is 67.3 Å². The molecule has 0 saturated heterocycles. The Labute approximate surface area is 193 Å². The molecule has 0 aliphatic heterocycles. The highest BCUT2D eigenvalue weighted by atomic mass is 32.2. The number of anilines is 3. The van der Waals surface area contributed by atoms with E-state index in [1.807, 2.05) is 48.9 Å². The number of sulfonamides is 1. The second-order valence-electron chi connectivity index (χ2n) is 7.62. The highest BCUT2D eigenvalue weighted by Gasteiger charge is 2.17. The molecule has 10 heteroatoms. The Kier molecular flexibility index (Phi) is 7.52. The zero-order chi connectivity index (χ0) is 24.0. The molecule has 0 bridgehead atoms. The molecule has 0 unspecified atom stereocenters. The fourth-order valence-corrected chi connectivity index (χ4v) is 4.10. The Morgan fingerprint density at radius 1 is 1.00 bits per heavy atom. The number of urea groups is 1. The molecular formula is C23H28N6O3S. The Bertz CT molecular complexity index is 1230. The number of nitrogens with one attached hydrogen (secondary N) is 3. The van der Waals surface area contributed by atoms with Crippen molar-refractivity contribution in [3.63, 3.8) is 0 Å². The summed E-state index contributed by atoms with van der Waals surface area (Å²) in [7, 11) is -3.95. The van der Waals surface area contributed by atoms with E-state index in [4.69, 9.17) is 11.5 Å². The topological polar surface area (TPSA) is 152 Å². The third-order valence-electron chi connectivity index (χ3n) is 5.01. The van der Waals surface area contributed by atoms with Crippen LogP contribution in [0.3, 0.4) is 0 Å². The van der Waals surface area contributed by atoms with E-state index < -0.39 is 16.1 Å². The Balaban J connectivity index is 1.51. The summed E-state index contributed by atoms with van der Waals surface area (Å²) in [6, 6.07) is 14.8. The zero-order valence-corrected chi connectivity index (χ0v) is 19.4. The predicted molar refractivity (Wildman–Crippen MR) is 130 cm³/mol. The minimum atomic E-state index is -3.95. The van der Waals surface area contributed by atoms with E-state index in [-0.39, 0.29) is 11.4 Å². The molecule has 0 aliphatic rings. The van der Waals surface area contributed by atoms with Crippen LogP contribution < -0.4 is 26.8 Å². The van der Waals surface area contributed by atoms with Gasteiger partial charge in [-0.2, -0.15) is 0 Å². The standard InChI is InChI=1S/C23H28N6O3S/c1-15-13-16(2)27-22(21(15)25)28-19-7-3-17(4-8-19)11-12-26-23(30)29-33(31,32)20-9-5-18(14-24)6-10-20/h3-10,13H,11-12,14,24-25H2,1-2H3,(H,27,28)(H2,26,29,30). The molecule has 0 spiro atoms. The molecule has 1 heterocycles. The van der Waals surface area contributed by atoms with Crippen molar-refractivity contribution in [2.45, 2.75) is 31.7 Å². The first kappa shape index (κ1) is 24.0. The number of amides is 2. The van der Waals surface area contributed by atoms with Crippen LogP contribution in [0.4, 0.5) is 22.0 Å². The first-order valence-electron chi connectivity index (χ1n) is 10.4. The molecule has 3 rings (SSSR count). The molecule has 0 radical (unpaired) electrons. The average molecular weight is 469 g/mol. The molecule has 0 saturated carbocycles. The van der Waals surface area contributed by atoms with Gasteiger partial charge in [0.05, 0.1) is 10.6 Å². The zero-order valence-electron chi connectivity index (χ0n) is 18.6. The lowest BCUT2D eigenvalue weighted by atomic mass is 10.1. The summed E-state index contributed by atoms with van der Waals surface area (Å²) in [5.41, 5.74) is 16.7. The minimum Gasteiger partial charge on any atom is -0.396 e. The smallest absolute Gasteiger partial charge is 0.328 e. The van der Waals surface area contributed by atoms with Crippen molar-refractivity contribution in [2.24, 2.45) is 5.73 Å². The molecular weight excluding hydrogens is 440 g/mol. The van der Waals surface area contributed by atoms with Crippen molar-refractivity contribution in [2.75, 3.05) is 17.6 Å². The van der Waals surface area contributed by atoms with Gasteiger partial charge in [0.1, 0.15) is 0 Å². The number of carbonyl (C=O) groups is 1. The van der Waals surface area contributed by atoms with Crippen LogP contribution in [-0.4, -0.2) is 26.0 Å². The number of hydrogen-bond acceptors (Lipinski definition) is 7. The number of nitrogens with two attached hydrogens (primary N) is 2. The number of rotatable bonds is 8. The van der Waals surface area contributed by atoms with Crippen molar-refractivity contribution in [3.05, 3.63) is 77.0 Å². The number of aryl methyl sites for hydroxylation is 2. The summed E-state index contributed by atoms with van der Waals surface area (Å²) in [6.45, 7) is 4.42. The van der Waals surface area contributed by atoms with Crippen LogP contribution in [0.1, 0.15) is 22.4 Å². The molecule has 33 heavy (non-hydrogen) atoms. The van der Waals surface area contributed by atoms with Crippen LogP contribution in [0.25, 0.3) is 0 Å². The summed E-state index contributed by atoms with van der Waals surface area (Å²) in [5, 5.41) is 5.78. The Morgan fingerprint density at radius 2 is 1.64 bits per heavy atom. The van der Waals surface area contributed by atoms with Crippen LogP contribution in [-0.2, 0) is 23.0 Å². The molecule has 0 aliphatic carbocycles. The lowest BCUT2D eigenvalue weighted by Gasteiger charge is -2.12. The number of hydrogen-bond donors (Lipinski definition) is 5. The van der Waals surface area contributed by atoms with E-state index >= 15 is 0 Å². The van der Waals surface area contributed by atoms with Gasteiger partial charge in [0, 0.05) is 24.5 Å². The molecule has 0 atom stereocenters. The molecule has 0 fully saturated rings. The number of nitrogen functional groups attached to an aromatic ring is 1. The molecule has 7 N–H and O–H groups in total. The summed E-state index contributed by atoms with van der Waals surface area (Å²) in [4.78, 5) is 16.5. The van der Waals surface area contributed by atoms with Crippen molar-refractivity contribution in [1.29, 1.82) is 0 Å². The fourth-order valence-electron chi connectivity index (χ4n) is 3.18. The van der Waals surface area contributed by atoms with E-state index in [1.165, 1.54) is 12.1 Å². The number of carbonyl (C=O) groups excluding carboxylic acids is 1. The maximum Gasteiger partial charge on any atom is 0.328 e. The van der Waals surface area contributed by atoms with Gasteiger partial charge in [0.2, 0.25) is 0 Å². The highest BCUT2D eigenvalue weighted by molar-refractivity contribution is 7.90. The van der Waals surface area contributed by atoms with Gasteiger partial charge in [-0.3, -0.25) is 0 Å². The summed E-state index contributed by atoms with van der Waals surface area (Å²) in [5.74, 6) is 0.609. The van der Waals surface area contributed by atoms with Crippen LogP contribution in [0.5, 0.6) is 0 Å². The molecule has 1 aromatic heterocycles. The number of pyridine rings is 1. The summed E-state index contributed by atoms with van der Waals surface area (Å²) in [6.07, 6.45) is 0.531. The highest BCUT2D eigenvalue weighted by Crippen LogP contribution is 2.24. The van der Waals surface area contributed by atoms with E-state index in [1.54, 1.807) is 12.1 Å². The van der Waals surface area contributed by atoms with Gasteiger partial charge in [-0.15, -0.1) is 0 Å². The summed E-state index contributed by atoms with van der Waals surface area (Å²) < 4.78 is 26.6. The van der Waals surface area contributed by atoms with Crippen molar-refractivity contribution < 1.29 is 13.2 Å². The van der Waals surface area contributed by atoms with E-state index in [0.29, 0.717) is 24.5 Å². The molecule has 2 amide bonds.